The number of phenolic OH excluding ortho intramolecular Hbond substituents is 1. The average Bonchev–Trinajstić information content (AvgIpc) is 2.02. The molecule has 0 saturated heterocycles. The van der Waals surface area contributed by atoms with Gasteiger partial charge in [0.2, 0.25) is 0 Å². The molecule has 3 heteroatoms. The molecule has 0 spiro atoms. The summed E-state index contributed by atoms with van der Waals surface area (Å²) in [7, 11) is 0. The lowest BCUT2D eigenvalue weighted by Crippen LogP contribution is -2.11. The Hall–Kier alpha value is -0.730. The highest BCUT2D eigenvalue weighted by atomic mass is 35.5. The fourth-order valence-electron chi connectivity index (χ4n) is 1.74. The number of hydrogen-bond donors (Lipinski definition) is 2. The van der Waals surface area contributed by atoms with E-state index in [1.165, 1.54) is 5.56 Å². The van der Waals surface area contributed by atoms with Crippen LogP contribution in [0.4, 0.5) is 0 Å². The van der Waals surface area contributed by atoms with Crippen LogP contribution in [-0.2, 0) is 0 Å². The molecule has 0 aliphatic carbocycles. The first-order chi connectivity index (χ1) is 6.06. The molecule has 1 aromatic rings. The monoisotopic (exact) mass is 215 g/mol. The fraction of sp³-hybridized carbons (Fsp3) is 0.455. The van der Waals surface area contributed by atoms with Gasteiger partial charge in [0.25, 0.3) is 0 Å². The molecule has 1 atom stereocenters. The summed E-state index contributed by atoms with van der Waals surface area (Å²) in [5, 5.41) is 9.33. The van der Waals surface area contributed by atoms with Crippen LogP contribution in [0.25, 0.3) is 0 Å². The van der Waals surface area contributed by atoms with Crippen molar-refractivity contribution in [1.29, 1.82) is 0 Å². The highest BCUT2D eigenvalue weighted by molar-refractivity contribution is 5.85. The number of halogens is 1. The Labute approximate surface area is 91.5 Å². The average molecular weight is 216 g/mol. The standard InChI is InChI=1S/C11H17NO.ClH/c1-4-10(12)11-7(2)5-9(13)6-8(11)3;/h5-6,10,13H,4,12H2,1-3H3;1H/t10-;/m0./s1. The summed E-state index contributed by atoms with van der Waals surface area (Å²) < 4.78 is 0. The van der Waals surface area contributed by atoms with Gasteiger partial charge in [0.05, 0.1) is 0 Å². The van der Waals surface area contributed by atoms with E-state index in [1.807, 2.05) is 13.8 Å². The van der Waals surface area contributed by atoms with Crippen LogP contribution in [0.1, 0.15) is 36.1 Å². The van der Waals surface area contributed by atoms with Gasteiger partial charge in [-0.25, -0.2) is 0 Å². The van der Waals surface area contributed by atoms with E-state index in [1.54, 1.807) is 12.1 Å². The number of phenols is 1. The second kappa shape index (κ2) is 5.23. The molecule has 0 unspecified atom stereocenters. The van der Waals surface area contributed by atoms with Crippen LogP contribution in [0.15, 0.2) is 12.1 Å². The Morgan fingerprint density at radius 1 is 1.29 bits per heavy atom. The summed E-state index contributed by atoms with van der Waals surface area (Å²) in [4.78, 5) is 0. The second-order valence-electron chi connectivity index (χ2n) is 3.51. The van der Waals surface area contributed by atoms with Crippen molar-refractivity contribution in [2.45, 2.75) is 33.2 Å². The molecule has 0 saturated carbocycles. The molecule has 0 radical (unpaired) electrons. The van der Waals surface area contributed by atoms with E-state index < -0.39 is 0 Å². The fourth-order valence-corrected chi connectivity index (χ4v) is 1.74. The first-order valence-corrected chi connectivity index (χ1v) is 4.62. The van der Waals surface area contributed by atoms with E-state index in [0.29, 0.717) is 5.75 Å². The zero-order chi connectivity index (χ0) is 10.0. The maximum atomic E-state index is 9.33. The molecule has 0 aliphatic heterocycles. The summed E-state index contributed by atoms with van der Waals surface area (Å²) in [6.07, 6.45) is 0.923. The first-order valence-electron chi connectivity index (χ1n) is 4.62. The van der Waals surface area contributed by atoms with Crippen molar-refractivity contribution in [1.82, 2.24) is 0 Å². The first kappa shape index (κ1) is 13.3. The predicted molar refractivity (Wildman–Crippen MR) is 62.0 cm³/mol. The molecule has 1 rings (SSSR count). The van der Waals surface area contributed by atoms with Crippen molar-refractivity contribution >= 4 is 12.4 Å². The van der Waals surface area contributed by atoms with Gasteiger partial charge >= 0.3 is 0 Å². The molecule has 3 N–H and O–H groups in total. The Kier molecular flexibility index (Phi) is 4.95. The minimum Gasteiger partial charge on any atom is -0.508 e. The molecule has 0 bridgehead atoms. The Balaban J connectivity index is 0.00000169. The molecule has 0 heterocycles. The molecule has 1 aromatic carbocycles. The summed E-state index contributed by atoms with van der Waals surface area (Å²) in [6.45, 7) is 6.03. The third kappa shape index (κ3) is 2.63. The summed E-state index contributed by atoms with van der Waals surface area (Å²) in [5.74, 6) is 0.321. The van der Waals surface area contributed by atoms with Crippen molar-refractivity contribution < 1.29 is 5.11 Å². The minimum absolute atomic E-state index is 0. The van der Waals surface area contributed by atoms with E-state index in [-0.39, 0.29) is 18.4 Å². The lowest BCUT2D eigenvalue weighted by atomic mass is 9.95. The summed E-state index contributed by atoms with van der Waals surface area (Å²) in [6, 6.07) is 3.61. The van der Waals surface area contributed by atoms with Crippen LogP contribution in [-0.4, -0.2) is 5.11 Å². The van der Waals surface area contributed by atoms with Gasteiger partial charge in [-0.3, -0.25) is 0 Å². The van der Waals surface area contributed by atoms with Gasteiger partial charge in [0.1, 0.15) is 5.75 Å². The molecule has 80 valence electrons. The zero-order valence-electron chi connectivity index (χ0n) is 8.87. The highest BCUT2D eigenvalue weighted by Crippen LogP contribution is 2.26. The third-order valence-electron chi connectivity index (χ3n) is 2.39. The predicted octanol–water partition coefficient (Wildman–Crippen LogP) is 2.84. The Morgan fingerprint density at radius 3 is 2.07 bits per heavy atom. The molecule has 14 heavy (non-hydrogen) atoms. The number of hydrogen-bond acceptors (Lipinski definition) is 2. The number of benzene rings is 1. The number of rotatable bonds is 2. The van der Waals surface area contributed by atoms with Crippen LogP contribution >= 0.6 is 12.4 Å². The van der Waals surface area contributed by atoms with Gasteiger partial charge in [-0.2, -0.15) is 0 Å². The van der Waals surface area contributed by atoms with Crippen molar-refractivity contribution in [3.05, 3.63) is 28.8 Å². The molecule has 0 aromatic heterocycles. The SMILES string of the molecule is CC[C@H](N)c1c(C)cc(O)cc1C.Cl. The van der Waals surface area contributed by atoms with Crippen LogP contribution in [0.2, 0.25) is 0 Å². The van der Waals surface area contributed by atoms with Gasteiger partial charge in [-0.1, -0.05) is 6.92 Å². The van der Waals surface area contributed by atoms with Crippen molar-refractivity contribution in [2.75, 3.05) is 0 Å². The normalized spacial score (nSPS) is 12.0. The van der Waals surface area contributed by atoms with Gasteiger partial charge in [-0.05, 0) is 49.1 Å². The zero-order valence-corrected chi connectivity index (χ0v) is 9.69. The van der Waals surface area contributed by atoms with E-state index in [2.05, 4.69) is 6.92 Å². The maximum Gasteiger partial charge on any atom is 0.116 e. The van der Waals surface area contributed by atoms with Gasteiger partial charge in [-0.15, -0.1) is 12.4 Å². The second-order valence-corrected chi connectivity index (χ2v) is 3.51. The van der Waals surface area contributed by atoms with Crippen molar-refractivity contribution in [2.24, 2.45) is 5.73 Å². The third-order valence-corrected chi connectivity index (χ3v) is 2.39. The molecule has 0 amide bonds. The lowest BCUT2D eigenvalue weighted by molar-refractivity contribution is 0.473. The summed E-state index contributed by atoms with van der Waals surface area (Å²) >= 11 is 0. The Bertz CT molecular complexity index is 289. The largest absolute Gasteiger partial charge is 0.508 e. The van der Waals surface area contributed by atoms with Crippen LogP contribution in [0, 0.1) is 13.8 Å². The van der Waals surface area contributed by atoms with Crippen molar-refractivity contribution in [3.8, 4) is 5.75 Å². The van der Waals surface area contributed by atoms with E-state index in [9.17, 15) is 5.11 Å². The molecular formula is C11H18ClNO. The number of aryl methyl sites for hydroxylation is 2. The van der Waals surface area contributed by atoms with E-state index in [0.717, 1.165) is 17.5 Å². The van der Waals surface area contributed by atoms with Crippen LogP contribution < -0.4 is 5.73 Å². The number of nitrogens with two attached hydrogens (primary N) is 1. The number of aromatic hydroxyl groups is 1. The molecule has 0 fully saturated rings. The van der Waals surface area contributed by atoms with Gasteiger partial charge in [0.15, 0.2) is 0 Å². The smallest absolute Gasteiger partial charge is 0.116 e. The van der Waals surface area contributed by atoms with Crippen LogP contribution in [0.5, 0.6) is 5.75 Å². The molecule has 2 nitrogen and oxygen atoms in total. The van der Waals surface area contributed by atoms with Gasteiger partial charge < -0.3 is 10.8 Å². The Morgan fingerprint density at radius 2 is 1.71 bits per heavy atom. The maximum absolute atomic E-state index is 9.33. The molecule has 0 aliphatic rings. The van der Waals surface area contributed by atoms with E-state index >= 15 is 0 Å². The van der Waals surface area contributed by atoms with E-state index in [4.69, 9.17) is 5.73 Å². The van der Waals surface area contributed by atoms with Crippen molar-refractivity contribution in [3.63, 3.8) is 0 Å². The quantitative estimate of drug-likeness (QED) is 0.797. The minimum atomic E-state index is 0. The summed E-state index contributed by atoms with van der Waals surface area (Å²) in [5.41, 5.74) is 9.28. The van der Waals surface area contributed by atoms with Gasteiger partial charge in [0, 0.05) is 6.04 Å². The highest BCUT2D eigenvalue weighted by Gasteiger charge is 2.10. The lowest BCUT2D eigenvalue weighted by Gasteiger charge is -2.16. The topological polar surface area (TPSA) is 46.2 Å². The van der Waals surface area contributed by atoms with Crippen LogP contribution in [0.3, 0.4) is 0 Å². The molecular weight excluding hydrogens is 198 g/mol.